The summed E-state index contributed by atoms with van der Waals surface area (Å²) in [6.07, 6.45) is 4.46. The molecule has 0 spiro atoms. The van der Waals surface area contributed by atoms with Crippen LogP contribution in [0.3, 0.4) is 0 Å². The topological polar surface area (TPSA) is 35.6 Å². The van der Waals surface area contributed by atoms with Crippen molar-refractivity contribution < 1.29 is 4.79 Å². The lowest BCUT2D eigenvalue weighted by Gasteiger charge is -2.32. The minimum absolute atomic E-state index is 0.0492. The number of rotatable bonds is 2. The summed E-state index contributed by atoms with van der Waals surface area (Å²) in [5.41, 5.74) is 1.31. The van der Waals surface area contributed by atoms with Crippen LogP contribution in [0, 0.1) is 5.92 Å². The number of piperazine rings is 1. The Balaban J connectivity index is 1.76. The lowest BCUT2D eigenvalue weighted by Crippen LogP contribution is -2.49. The number of carbonyl (C=O) groups excluding carboxylic acids is 1. The van der Waals surface area contributed by atoms with Gasteiger partial charge >= 0.3 is 6.03 Å². The largest absolute Gasteiger partial charge is 0.322 e. The summed E-state index contributed by atoms with van der Waals surface area (Å²) >= 11 is 0. The molecule has 90 valence electrons. The van der Waals surface area contributed by atoms with E-state index in [1.807, 2.05) is 11.1 Å². The van der Waals surface area contributed by atoms with E-state index in [2.05, 4.69) is 24.2 Å². The van der Waals surface area contributed by atoms with Crippen molar-refractivity contribution in [1.82, 2.24) is 15.1 Å². The van der Waals surface area contributed by atoms with Gasteiger partial charge in [0.25, 0.3) is 0 Å². The average Bonchev–Trinajstić information content (AvgIpc) is 3.10. The van der Waals surface area contributed by atoms with Gasteiger partial charge in [0.1, 0.15) is 0 Å². The number of urea groups is 1. The number of nitrogens with one attached hydrogen (secondary N) is 1. The smallest absolute Gasteiger partial charge is 0.321 e. The summed E-state index contributed by atoms with van der Waals surface area (Å²) in [4.78, 5) is 15.9. The zero-order chi connectivity index (χ0) is 11.5. The maximum atomic E-state index is 11.8. The van der Waals surface area contributed by atoms with E-state index in [0.29, 0.717) is 0 Å². The molecule has 1 N–H and O–H groups in total. The lowest BCUT2D eigenvalue weighted by atomic mass is 10.2. The first-order chi connectivity index (χ1) is 7.66. The Kier molecular flexibility index (Phi) is 3.49. The second-order valence-electron chi connectivity index (χ2n) is 4.90. The molecule has 1 heterocycles. The zero-order valence-electron chi connectivity index (χ0n) is 10.2. The van der Waals surface area contributed by atoms with Gasteiger partial charge in [-0.05, 0) is 32.7 Å². The van der Waals surface area contributed by atoms with Crippen molar-refractivity contribution in [3.63, 3.8) is 0 Å². The van der Waals surface area contributed by atoms with Crippen LogP contribution in [0.25, 0.3) is 0 Å². The van der Waals surface area contributed by atoms with E-state index in [1.165, 1.54) is 18.4 Å². The number of nitrogens with zero attached hydrogens (tertiary/aromatic N) is 2. The van der Waals surface area contributed by atoms with E-state index in [0.717, 1.165) is 32.1 Å². The minimum atomic E-state index is 0.0492. The van der Waals surface area contributed by atoms with E-state index in [-0.39, 0.29) is 6.03 Å². The van der Waals surface area contributed by atoms with Crippen LogP contribution in [0.1, 0.15) is 19.8 Å². The number of carbonyl (C=O) groups is 1. The fourth-order valence-electron chi connectivity index (χ4n) is 1.93. The Morgan fingerprint density at radius 3 is 2.44 bits per heavy atom. The summed E-state index contributed by atoms with van der Waals surface area (Å²) in [5, 5.41) is 2.89. The molecule has 0 aromatic carbocycles. The molecule has 2 aliphatic rings. The van der Waals surface area contributed by atoms with Gasteiger partial charge in [0.2, 0.25) is 0 Å². The van der Waals surface area contributed by atoms with Gasteiger partial charge in [0.05, 0.1) is 0 Å². The highest BCUT2D eigenvalue weighted by Gasteiger charge is 2.23. The zero-order valence-corrected chi connectivity index (χ0v) is 10.2. The van der Waals surface area contributed by atoms with Crippen molar-refractivity contribution in [2.75, 3.05) is 33.2 Å². The molecule has 0 atom stereocenters. The maximum Gasteiger partial charge on any atom is 0.321 e. The Labute approximate surface area is 97.3 Å². The molecule has 0 unspecified atom stereocenters. The maximum absolute atomic E-state index is 11.8. The molecule has 1 saturated heterocycles. The first kappa shape index (κ1) is 11.5. The predicted molar refractivity (Wildman–Crippen MR) is 64.1 cm³/mol. The number of likely N-dealkylation sites (N-methyl/N-ethyl adjacent to an activating group) is 1. The Hall–Kier alpha value is -1.03. The molecule has 4 heteroatoms. The van der Waals surface area contributed by atoms with Gasteiger partial charge in [-0.3, -0.25) is 0 Å². The fourth-order valence-corrected chi connectivity index (χ4v) is 1.93. The molecule has 0 aromatic rings. The van der Waals surface area contributed by atoms with Crippen LogP contribution in [0.2, 0.25) is 0 Å². The van der Waals surface area contributed by atoms with Crippen LogP contribution < -0.4 is 5.32 Å². The van der Waals surface area contributed by atoms with Gasteiger partial charge in [0, 0.05) is 32.4 Å². The lowest BCUT2D eigenvalue weighted by molar-refractivity contribution is 0.157. The predicted octanol–water partition coefficient (Wildman–Crippen LogP) is 1.26. The summed E-state index contributed by atoms with van der Waals surface area (Å²) in [5.74, 6) is 0.729. The van der Waals surface area contributed by atoms with E-state index >= 15 is 0 Å². The van der Waals surface area contributed by atoms with Gasteiger partial charge in [-0.15, -0.1) is 0 Å². The standard InChI is InChI=1S/C12H21N3O/c1-10(11-3-4-11)9-13-12(16)15-7-5-14(2)6-8-15/h9,11H,3-8H2,1-2H3,(H,13,16)/b10-9+. The summed E-state index contributed by atoms with van der Waals surface area (Å²) < 4.78 is 0. The Morgan fingerprint density at radius 1 is 1.25 bits per heavy atom. The second kappa shape index (κ2) is 4.87. The number of hydrogen-bond donors (Lipinski definition) is 1. The van der Waals surface area contributed by atoms with Crippen molar-refractivity contribution >= 4 is 6.03 Å². The number of allylic oxidation sites excluding steroid dienone is 1. The molecule has 1 saturated carbocycles. The Bertz CT molecular complexity index is 289. The van der Waals surface area contributed by atoms with Crippen LogP contribution in [-0.2, 0) is 0 Å². The quantitative estimate of drug-likeness (QED) is 0.765. The van der Waals surface area contributed by atoms with Crippen LogP contribution in [0.15, 0.2) is 11.8 Å². The molecule has 2 fully saturated rings. The van der Waals surface area contributed by atoms with Crippen LogP contribution in [0.5, 0.6) is 0 Å². The third kappa shape index (κ3) is 2.98. The normalized spacial score (nSPS) is 23.4. The van der Waals surface area contributed by atoms with Gasteiger partial charge in [-0.1, -0.05) is 5.57 Å². The summed E-state index contributed by atoms with van der Waals surface area (Å²) in [7, 11) is 2.09. The van der Waals surface area contributed by atoms with E-state index in [4.69, 9.17) is 0 Å². The first-order valence-corrected chi connectivity index (χ1v) is 6.07. The molecule has 1 aliphatic carbocycles. The highest BCUT2D eigenvalue weighted by Crippen LogP contribution is 2.35. The fraction of sp³-hybridized carbons (Fsp3) is 0.750. The van der Waals surface area contributed by atoms with E-state index < -0.39 is 0 Å². The van der Waals surface area contributed by atoms with Crippen LogP contribution in [-0.4, -0.2) is 49.1 Å². The van der Waals surface area contributed by atoms with E-state index in [9.17, 15) is 4.79 Å². The molecule has 4 nitrogen and oxygen atoms in total. The molecule has 16 heavy (non-hydrogen) atoms. The molecule has 2 amide bonds. The monoisotopic (exact) mass is 223 g/mol. The molecule has 0 bridgehead atoms. The Morgan fingerprint density at radius 2 is 1.88 bits per heavy atom. The van der Waals surface area contributed by atoms with Gasteiger partial charge in [-0.25, -0.2) is 4.79 Å². The molecule has 0 aromatic heterocycles. The SMILES string of the molecule is C/C(=C\NC(=O)N1CCN(C)CC1)C1CC1. The molecule has 0 radical (unpaired) electrons. The summed E-state index contributed by atoms with van der Waals surface area (Å²) in [6.45, 7) is 5.71. The third-order valence-electron chi connectivity index (χ3n) is 3.44. The molecular formula is C12H21N3O. The van der Waals surface area contributed by atoms with Crippen LogP contribution >= 0.6 is 0 Å². The van der Waals surface area contributed by atoms with Crippen molar-refractivity contribution in [3.8, 4) is 0 Å². The van der Waals surface area contributed by atoms with Crippen molar-refractivity contribution in [1.29, 1.82) is 0 Å². The third-order valence-corrected chi connectivity index (χ3v) is 3.44. The highest BCUT2D eigenvalue weighted by atomic mass is 16.2. The highest BCUT2D eigenvalue weighted by molar-refractivity contribution is 5.75. The number of hydrogen-bond acceptors (Lipinski definition) is 2. The summed E-state index contributed by atoms with van der Waals surface area (Å²) in [6, 6.07) is 0.0492. The first-order valence-electron chi connectivity index (χ1n) is 6.07. The molecule has 2 rings (SSSR count). The van der Waals surface area contributed by atoms with Crippen LogP contribution in [0.4, 0.5) is 4.79 Å². The van der Waals surface area contributed by atoms with E-state index in [1.54, 1.807) is 0 Å². The molecular weight excluding hydrogens is 202 g/mol. The van der Waals surface area contributed by atoms with Gasteiger partial charge in [0.15, 0.2) is 0 Å². The minimum Gasteiger partial charge on any atom is -0.322 e. The van der Waals surface area contributed by atoms with Gasteiger partial charge < -0.3 is 15.1 Å². The number of amides is 2. The molecule has 1 aliphatic heterocycles. The van der Waals surface area contributed by atoms with Crippen molar-refractivity contribution in [3.05, 3.63) is 11.8 Å². The average molecular weight is 223 g/mol. The van der Waals surface area contributed by atoms with Crippen molar-refractivity contribution in [2.45, 2.75) is 19.8 Å². The van der Waals surface area contributed by atoms with Gasteiger partial charge in [-0.2, -0.15) is 0 Å². The second-order valence-corrected chi connectivity index (χ2v) is 4.90. The van der Waals surface area contributed by atoms with Crippen molar-refractivity contribution in [2.24, 2.45) is 5.92 Å².